The molecule has 1 aromatic heterocycles. The largest absolute Gasteiger partial charge is 0.340 e. The van der Waals surface area contributed by atoms with Gasteiger partial charge in [-0.05, 0) is 30.7 Å². The minimum Gasteiger partial charge on any atom is -0.340 e. The molecule has 1 heterocycles. The Hall–Kier alpha value is -1.46. The Balaban J connectivity index is 2.44. The van der Waals surface area contributed by atoms with Crippen LogP contribution in [0, 0.1) is 0 Å². The van der Waals surface area contributed by atoms with Crippen molar-refractivity contribution in [1.82, 2.24) is 4.57 Å². The standard InChI is InChI=1S/C18H15Br2NO2/c1-2-3-4-21-17-5-11(9-22)15(19)7-13(17)14-8-16(20)12(10-23)6-18(14)21/h5-10H,2-4H2,1H3. The number of nitrogens with zero attached hydrogens (tertiary/aromatic N) is 1. The summed E-state index contributed by atoms with van der Waals surface area (Å²) in [5, 5.41) is 2.15. The summed E-state index contributed by atoms with van der Waals surface area (Å²) in [7, 11) is 0. The molecular weight excluding hydrogens is 422 g/mol. The van der Waals surface area contributed by atoms with Gasteiger partial charge in [0.1, 0.15) is 0 Å². The predicted octanol–water partition coefficient (Wildman–Crippen LogP) is 5.74. The molecule has 0 unspecified atom stereocenters. The molecule has 118 valence electrons. The first-order chi connectivity index (χ1) is 11.1. The van der Waals surface area contributed by atoms with Gasteiger partial charge in [-0.1, -0.05) is 45.2 Å². The van der Waals surface area contributed by atoms with Gasteiger partial charge >= 0.3 is 0 Å². The molecule has 0 amide bonds. The number of aromatic nitrogens is 1. The van der Waals surface area contributed by atoms with Gasteiger partial charge < -0.3 is 4.57 Å². The summed E-state index contributed by atoms with van der Waals surface area (Å²) in [5.41, 5.74) is 3.31. The summed E-state index contributed by atoms with van der Waals surface area (Å²) in [4.78, 5) is 22.5. The fourth-order valence-corrected chi connectivity index (χ4v) is 3.78. The lowest BCUT2D eigenvalue weighted by atomic mass is 10.1. The second kappa shape index (κ2) is 6.57. The average Bonchev–Trinajstić information content (AvgIpc) is 2.83. The van der Waals surface area contributed by atoms with Gasteiger partial charge in [0.05, 0.1) is 0 Å². The Morgan fingerprint density at radius 1 is 0.913 bits per heavy atom. The van der Waals surface area contributed by atoms with Crippen LogP contribution in [0.15, 0.2) is 33.2 Å². The van der Waals surface area contributed by atoms with E-state index < -0.39 is 0 Å². The first kappa shape index (κ1) is 16.4. The third-order valence-electron chi connectivity index (χ3n) is 4.09. The van der Waals surface area contributed by atoms with Crippen molar-refractivity contribution in [2.45, 2.75) is 26.3 Å². The Labute approximate surface area is 150 Å². The van der Waals surface area contributed by atoms with E-state index in [2.05, 4.69) is 43.4 Å². The monoisotopic (exact) mass is 435 g/mol. The molecule has 0 N–H and O–H groups in total. The van der Waals surface area contributed by atoms with E-state index in [0.717, 1.165) is 62.7 Å². The first-order valence-electron chi connectivity index (χ1n) is 7.46. The molecule has 3 nitrogen and oxygen atoms in total. The minimum atomic E-state index is 0.632. The number of aldehydes is 2. The molecule has 0 aliphatic heterocycles. The molecule has 3 aromatic rings. The summed E-state index contributed by atoms with van der Waals surface area (Å²) < 4.78 is 3.77. The molecule has 0 aliphatic rings. The van der Waals surface area contributed by atoms with E-state index in [1.807, 2.05) is 24.3 Å². The lowest BCUT2D eigenvalue weighted by molar-refractivity contribution is 0.111. The topological polar surface area (TPSA) is 39.1 Å². The number of benzene rings is 2. The second-order valence-corrected chi connectivity index (χ2v) is 7.23. The van der Waals surface area contributed by atoms with Gasteiger partial charge in [0.2, 0.25) is 0 Å². The molecular formula is C18H15Br2NO2. The molecule has 0 saturated heterocycles. The maximum atomic E-state index is 11.3. The van der Waals surface area contributed by atoms with Crippen molar-refractivity contribution < 1.29 is 9.59 Å². The van der Waals surface area contributed by atoms with Gasteiger partial charge in [-0.25, -0.2) is 0 Å². The number of carbonyl (C=O) groups excluding carboxylic acids is 2. The van der Waals surface area contributed by atoms with Crippen LogP contribution in [0.2, 0.25) is 0 Å². The van der Waals surface area contributed by atoms with Crippen LogP contribution in [-0.2, 0) is 6.54 Å². The van der Waals surface area contributed by atoms with Crippen molar-refractivity contribution in [2.75, 3.05) is 0 Å². The maximum absolute atomic E-state index is 11.3. The van der Waals surface area contributed by atoms with E-state index in [9.17, 15) is 9.59 Å². The number of carbonyl (C=O) groups is 2. The van der Waals surface area contributed by atoms with Crippen molar-refractivity contribution in [1.29, 1.82) is 0 Å². The van der Waals surface area contributed by atoms with E-state index in [1.54, 1.807) is 0 Å². The molecule has 2 aromatic carbocycles. The molecule has 0 fully saturated rings. The van der Waals surface area contributed by atoms with Gasteiger partial charge in [-0.2, -0.15) is 0 Å². The molecule has 0 atom stereocenters. The number of rotatable bonds is 5. The number of aryl methyl sites for hydroxylation is 1. The highest BCUT2D eigenvalue weighted by atomic mass is 79.9. The van der Waals surface area contributed by atoms with Crippen LogP contribution < -0.4 is 0 Å². The van der Waals surface area contributed by atoms with Gasteiger partial charge in [0.15, 0.2) is 12.6 Å². The zero-order valence-electron chi connectivity index (χ0n) is 12.6. The number of hydrogen-bond acceptors (Lipinski definition) is 2. The zero-order chi connectivity index (χ0) is 16.6. The summed E-state index contributed by atoms with van der Waals surface area (Å²) in [5.74, 6) is 0. The zero-order valence-corrected chi connectivity index (χ0v) is 15.8. The third kappa shape index (κ3) is 2.76. The Morgan fingerprint density at radius 2 is 1.39 bits per heavy atom. The molecule has 0 aliphatic carbocycles. The molecule has 0 saturated carbocycles. The normalized spacial score (nSPS) is 11.3. The van der Waals surface area contributed by atoms with Crippen molar-refractivity contribution >= 4 is 66.2 Å². The summed E-state index contributed by atoms with van der Waals surface area (Å²) in [6, 6.07) is 7.79. The Bertz CT molecular complexity index is 857. The van der Waals surface area contributed by atoms with Crippen molar-refractivity contribution in [3.8, 4) is 0 Å². The molecule has 0 bridgehead atoms. The number of unbranched alkanes of at least 4 members (excludes halogenated alkanes) is 1. The van der Waals surface area contributed by atoms with Crippen LogP contribution in [0.25, 0.3) is 21.8 Å². The summed E-state index contributed by atoms with van der Waals surface area (Å²) in [6.45, 7) is 3.01. The minimum absolute atomic E-state index is 0.632. The Kier molecular flexibility index (Phi) is 4.69. The summed E-state index contributed by atoms with van der Waals surface area (Å²) in [6.07, 6.45) is 3.84. The molecule has 0 spiro atoms. The van der Waals surface area contributed by atoms with E-state index in [1.165, 1.54) is 0 Å². The van der Waals surface area contributed by atoms with E-state index in [-0.39, 0.29) is 0 Å². The lowest BCUT2D eigenvalue weighted by Gasteiger charge is -2.07. The van der Waals surface area contributed by atoms with E-state index in [0.29, 0.717) is 11.1 Å². The molecule has 3 rings (SSSR count). The smallest absolute Gasteiger partial charge is 0.151 e. The number of hydrogen-bond donors (Lipinski definition) is 0. The van der Waals surface area contributed by atoms with Crippen LogP contribution in [0.3, 0.4) is 0 Å². The van der Waals surface area contributed by atoms with Crippen LogP contribution in [0.5, 0.6) is 0 Å². The van der Waals surface area contributed by atoms with E-state index >= 15 is 0 Å². The van der Waals surface area contributed by atoms with Gasteiger partial charge in [0, 0.05) is 48.4 Å². The van der Waals surface area contributed by atoms with Gasteiger partial charge in [0.25, 0.3) is 0 Å². The molecule has 0 radical (unpaired) electrons. The average molecular weight is 437 g/mol. The maximum Gasteiger partial charge on any atom is 0.151 e. The van der Waals surface area contributed by atoms with Crippen LogP contribution in [0.4, 0.5) is 0 Å². The van der Waals surface area contributed by atoms with Gasteiger partial charge in [-0.15, -0.1) is 0 Å². The molecule has 5 heteroatoms. The van der Waals surface area contributed by atoms with E-state index in [4.69, 9.17) is 0 Å². The fourth-order valence-electron chi connectivity index (χ4n) is 2.90. The quantitative estimate of drug-likeness (QED) is 0.478. The highest BCUT2D eigenvalue weighted by Crippen LogP contribution is 2.35. The van der Waals surface area contributed by atoms with Crippen LogP contribution in [-0.4, -0.2) is 17.1 Å². The van der Waals surface area contributed by atoms with Crippen LogP contribution in [0.1, 0.15) is 40.5 Å². The highest BCUT2D eigenvalue weighted by molar-refractivity contribution is 9.10. The number of halogens is 2. The fraction of sp³-hybridized carbons (Fsp3) is 0.222. The van der Waals surface area contributed by atoms with Crippen molar-refractivity contribution in [3.05, 3.63) is 44.3 Å². The lowest BCUT2D eigenvalue weighted by Crippen LogP contribution is -1.98. The van der Waals surface area contributed by atoms with Crippen molar-refractivity contribution in [3.63, 3.8) is 0 Å². The molecule has 23 heavy (non-hydrogen) atoms. The second-order valence-electron chi connectivity index (χ2n) is 5.52. The summed E-state index contributed by atoms with van der Waals surface area (Å²) >= 11 is 6.93. The Morgan fingerprint density at radius 3 is 1.78 bits per heavy atom. The highest BCUT2D eigenvalue weighted by Gasteiger charge is 2.15. The predicted molar refractivity (Wildman–Crippen MR) is 101 cm³/mol. The first-order valence-corrected chi connectivity index (χ1v) is 9.04. The van der Waals surface area contributed by atoms with Crippen LogP contribution >= 0.6 is 31.9 Å². The number of fused-ring (bicyclic) bond motifs is 3. The third-order valence-corrected chi connectivity index (χ3v) is 5.46. The van der Waals surface area contributed by atoms with Gasteiger partial charge in [-0.3, -0.25) is 9.59 Å². The SMILES string of the molecule is CCCCn1c2cc(C=O)c(Br)cc2c2cc(Br)c(C=O)cc21. The van der Waals surface area contributed by atoms with Crippen molar-refractivity contribution in [2.24, 2.45) is 0 Å².